The summed E-state index contributed by atoms with van der Waals surface area (Å²) in [4.78, 5) is 88.4. The van der Waals surface area contributed by atoms with E-state index < -0.39 is 99.0 Å². The van der Waals surface area contributed by atoms with E-state index in [-0.39, 0.29) is 62.2 Å². The first-order valence-corrected chi connectivity index (χ1v) is 25.2. The van der Waals surface area contributed by atoms with E-state index in [0.717, 1.165) is 43.4 Å². The average Bonchev–Trinajstić information content (AvgIpc) is 3.64. The number of hydrogen-bond acceptors (Lipinski definition) is 9. The third-order valence-electron chi connectivity index (χ3n) is 17.7. The largest absolute Gasteiger partial charge is 0.465 e. The van der Waals surface area contributed by atoms with Crippen LogP contribution in [0.5, 0.6) is 0 Å². The van der Waals surface area contributed by atoms with Crippen LogP contribution in [0.2, 0.25) is 0 Å². The SMILES string of the molecule is C=C[C@@H]1C[C@]1(NC(=O)[C@@H]1C[C@@]2(CN1C(=O)[C@@H](NC(=O)[C@@H](NC(=O)[C@@]1(CCF)CCCN1C(=O)O)C1CCCCC1)C1CCOCC1)C(C)(C)C21CCC1)C(=O)NS(=O)(=O)N1CCCC1. The zero-order chi connectivity index (χ0) is 45.9. The monoisotopic (exact) mass is 917 g/mol. The van der Waals surface area contributed by atoms with E-state index in [9.17, 15) is 41.9 Å². The van der Waals surface area contributed by atoms with Gasteiger partial charge in [-0.15, -0.1) is 6.58 Å². The van der Waals surface area contributed by atoms with Crippen molar-refractivity contribution in [3.05, 3.63) is 12.7 Å². The molecule has 0 aromatic heterocycles. The summed E-state index contributed by atoms with van der Waals surface area (Å²) in [6.07, 6.45) is 9.71. The van der Waals surface area contributed by atoms with Gasteiger partial charge in [-0.3, -0.25) is 33.3 Å². The molecule has 4 saturated heterocycles. The number of carbonyl (C=O) groups is 6. The fraction of sp³-hybridized carbons (Fsp3) is 0.822. The van der Waals surface area contributed by atoms with Gasteiger partial charge in [0.1, 0.15) is 29.2 Å². The Hall–Kier alpha value is -3.84. The summed E-state index contributed by atoms with van der Waals surface area (Å²) in [5, 5.41) is 19.0. The molecule has 4 heterocycles. The summed E-state index contributed by atoms with van der Waals surface area (Å²) >= 11 is 0. The van der Waals surface area contributed by atoms with Crippen LogP contribution in [-0.4, -0.2) is 139 Å². The molecule has 8 rings (SSSR count). The van der Waals surface area contributed by atoms with Gasteiger partial charge in [-0.1, -0.05) is 45.6 Å². The number of ether oxygens (including phenoxy) is 1. The van der Waals surface area contributed by atoms with Crippen molar-refractivity contribution in [2.45, 2.75) is 152 Å². The highest BCUT2D eigenvalue weighted by Crippen LogP contribution is 2.88. The summed E-state index contributed by atoms with van der Waals surface area (Å²) in [5.74, 6) is -4.48. The smallest absolute Gasteiger partial charge is 0.408 e. The van der Waals surface area contributed by atoms with Crippen molar-refractivity contribution in [2.75, 3.05) is 46.1 Å². The first kappa shape index (κ1) is 46.7. The zero-order valence-electron chi connectivity index (χ0n) is 37.5. The summed E-state index contributed by atoms with van der Waals surface area (Å²) < 4.78 is 49.7. The van der Waals surface area contributed by atoms with Crippen molar-refractivity contribution < 1.29 is 51.4 Å². The first-order chi connectivity index (χ1) is 30.4. The van der Waals surface area contributed by atoms with Crippen molar-refractivity contribution >= 4 is 45.8 Å². The van der Waals surface area contributed by atoms with Crippen molar-refractivity contribution in [1.82, 2.24) is 34.8 Å². The lowest BCUT2D eigenvalue weighted by atomic mass is 9.73. The molecular weight excluding hydrogens is 850 g/mol. The van der Waals surface area contributed by atoms with Crippen molar-refractivity contribution in [3.8, 4) is 0 Å². The summed E-state index contributed by atoms with van der Waals surface area (Å²) in [6, 6.07) is -3.31. The molecule has 19 heteroatoms. The Bertz CT molecular complexity index is 2000. The summed E-state index contributed by atoms with van der Waals surface area (Å²) in [7, 11) is -4.16. The van der Waals surface area contributed by atoms with Crippen LogP contribution in [0.1, 0.15) is 123 Å². The minimum atomic E-state index is -4.16. The number of nitrogens with zero attached hydrogens (tertiary/aromatic N) is 3. The molecule has 0 radical (unpaired) electrons. The molecule has 8 aliphatic rings. The minimum absolute atomic E-state index is 0.0608. The van der Waals surface area contributed by atoms with E-state index in [2.05, 4.69) is 41.1 Å². The van der Waals surface area contributed by atoms with E-state index in [1.807, 2.05) is 0 Å². The lowest BCUT2D eigenvalue weighted by molar-refractivity contribution is -0.145. The van der Waals surface area contributed by atoms with Gasteiger partial charge in [0.15, 0.2) is 0 Å². The van der Waals surface area contributed by atoms with Gasteiger partial charge in [0.25, 0.3) is 5.91 Å². The molecule has 6 amide bonds. The Morgan fingerprint density at radius 2 is 1.50 bits per heavy atom. The lowest BCUT2D eigenvalue weighted by Crippen LogP contribution is -2.64. The molecule has 4 saturated carbocycles. The summed E-state index contributed by atoms with van der Waals surface area (Å²) in [5.41, 5.74) is -4.00. The van der Waals surface area contributed by atoms with Crippen LogP contribution in [0.4, 0.5) is 9.18 Å². The number of nitrogens with one attached hydrogen (secondary N) is 4. The Morgan fingerprint density at radius 1 is 0.828 bits per heavy atom. The Balaban J connectivity index is 1.09. The molecule has 8 fully saturated rings. The maximum atomic E-state index is 15.5. The molecule has 4 aliphatic carbocycles. The van der Waals surface area contributed by atoms with E-state index in [4.69, 9.17) is 4.74 Å². The van der Waals surface area contributed by atoms with Gasteiger partial charge in [0.05, 0.1) is 6.67 Å². The predicted octanol–water partition coefficient (Wildman–Crippen LogP) is 3.15. The lowest BCUT2D eigenvalue weighted by Gasteiger charge is -2.39. The molecule has 7 atom stereocenters. The van der Waals surface area contributed by atoms with Gasteiger partial charge < -0.3 is 30.7 Å². The second-order valence-electron chi connectivity index (χ2n) is 20.7. The number of carbonyl (C=O) groups excluding carboxylic acids is 5. The van der Waals surface area contributed by atoms with Crippen molar-refractivity contribution in [2.24, 2.45) is 34.0 Å². The normalized spacial score (nSPS) is 33.2. The molecule has 5 N–H and O–H groups in total. The van der Waals surface area contributed by atoms with E-state index >= 15 is 4.79 Å². The number of amides is 6. The number of fused-ring (bicyclic) bond motifs is 1. The topological polar surface area (TPSA) is 224 Å². The van der Waals surface area contributed by atoms with Crippen LogP contribution < -0.4 is 20.7 Å². The number of hydrogen-bond donors (Lipinski definition) is 5. The predicted molar refractivity (Wildman–Crippen MR) is 231 cm³/mol. The van der Waals surface area contributed by atoms with Crippen LogP contribution >= 0.6 is 0 Å². The molecule has 0 aromatic carbocycles. The molecule has 356 valence electrons. The molecule has 17 nitrogen and oxygen atoms in total. The van der Waals surface area contributed by atoms with Gasteiger partial charge in [-0.2, -0.15) is 12.7 Å². The van der Waals surface area contributed by atoms with Crippen LogP contribution in [0.15, 0.2) is 12.7 Å². The van der Waals surface area contributed by atoms with Gasteiger partial charge in [-0.05, 0) is 99.7 Å². The highest BCUT2D eigenvalue weighted by molar-refractivity contribution is 7.87. The fourth-order valence-electron chi connectivity index (χ4n) is 13.5. The van der Waals surface area contributed by atoms with Gasteiger partial charge in [0, 0.05) is 57.1 Å². The molecular formula is C45H68FN7O10S. The Kier molecular flexibility index (Phi) is 12.7. The number of halogens is 1. The van der Waals surface area contributed by atoms with Crippen molar-refractivity contribution in [1.29, 1.82) is 0 Å². The first-order valence-electron chi connectivity index (χ1n) is 23.8. The standard InChI is InChI=1S/C45H68FN7O10S/c1-4-31-26-45(31,39(58)50-64(61,62)51-21-8-9-22-51)49-35(54)32-27-44(41(2,3)43(44)17-10-18-43)28-52(32)37(56)34(30-14-24-63-25-15-30)47-36(55)33(29-12-6-5-7-13-29)48-38(57)42(19-20-46)16-11-23-53(42)40(59)60/h4,29-34H,1,5-28H2,2-3H3,(H,47,55)(H,48,57)(H,49,54)(H,50,58)(H,59,60)/t31-,32+,33+,34+,42+,44-,45-/m1/s1. The third kappa shape index (κ3) is 7.60. The van der Waals surface area contributed by atoms with Crippen molar-refractivity contribution in [3.63, 3.8) is 0 Å². The maximum absolute atomic E-state index is 15.5. The highest BCUT2D eigenvalue weighted by atomic mass is 32.2. The molecule has 0 bridgehead atoms. The molecule has 0 unspecified atom stereocenters. The number of likely N-dealkylation sites (tertiary alicyclic amines) is 2. The fourth-order valence-corrected chi connectivity index (χ4v) is 14.8. The molecule has 4 aliphatic heterocycles. The minimum Gasteiger partial charge on any atom is -0.465 e. The van der Waals surface area contributed by atoms with Crippen LogP contribution in [-0.2, 0) is 38.9 Å². The number of carboxylic acid groups (broad SMARTS) is 1. The summed E-state index contributed by atoms with van der Waals surface area (Å²) in [6.45, 7) is 8.85. The zero-order valence-corrected chi connectivity index (χ0v) is 38.3. The van der Waals surface area contributed by atoms with Gasteiger partial charge in [0.2, 0.25) is 23.6 Å². The van der Waals surface area contributed by atoms with Gasteiger partial charge >= 0.3 is 16.3 Å². The molecule has 64 heavy (non-hydrogen) atoms. The van der Waals surface area contributed by atoms with Gasteiger partial charge in [-0.25, -0.2) is 9.52 Å². The second-order valence-corrected chi connectivity index (χ2v) is 22.3. The average molecular weight is 918 g/mol. The molecule has 0 aromatic rings. The third-order valence-corrected chi connectivity index (χ3v) is 19.2. The van der Waals surface area contributed by atoms with Crippen LogP contribution in [0.25, 0.3) is 0 Å². The Morgan fingerprint density at radius 3 is 2.08 bits per heavy atom. The number of alkyl halides is 1. The maximum Gasteiger partial charge on any atom is 0.408 e. The van der Waals surface area contributed by atoms with Crippen LogP contribution in [0, 0.1) is 34.0 Å². The highest BCUT2D eigenvalue weighted by Gasteiger charge is 2.85. The van der Waals surface area contributed by atoms with Crippen LogP contribution in [0.3, 0.4) is 0 Å². The number of rotatable bonds is 15. The quantitative estimate of drug-likeness (QED) is 0.151. The second kappa shape index (κ2) is 17.4. The van der Waals surface area contributed by atoms with E-state index in [1.165, 1.54) is 10.4 Å². The Labute approximate surface area is 375 Å². The molecule has 2 spiro atoms. The van der Waals surface area contributed by atoms with E-state index in [0.29, 0.717) is 64.6 Å². The van der Waals surface area contributed by atoms with E-state index in [1.54, 1.807) is 4.90 Å².